The second kappa shape index (κ2) is 5.24. The van der Waals surface area contributed by atoms with Gasteiger partial charge in [0.15, 0.2) is 0 Å². The molecule has 5 unspecified atom stereocenters. The Hall–Kier alpha value is -1.72. The zero-order valence-electron chi connectivity index (χ0n) is 11.5. The molecule has 1 aromatic rings. The van der Waals surface area contributed by atoms with E-state index >= 15 is 0 Å². The molecule has 2 aliphatic carbocycles. The van der Waals surface area contributed by atoms with E-state index in [2.05, 4.69) is 0 Å². The molecule has 0 amide bonds. The number of hydrogen-bond acceptors (Lipinski definition) is 5. The molecule has 0 radical (unpaired) electrons. The number of esters is 1. The summed E-state index contributed by atoms with van der Waals surface area (Å²) >= 11 is 0. The Morgan fingerprint density at radius 2 is 2.00 bits per heavy atom. The number of aliphatic hydroxyl groups excluding tert-OH is 1. The minimum Gasteiger partial charge on any atom is -0.458 e. The van der Waals surface area contributed by atoms with Crippen LogP contribution in [0.25, 0.3) is 0 Å². The Kier molecular flexibility index (Phi) is 3.55. The average Bonchev–Trinajstić information content (AvgIpc) is 2.92. The van der Waals surface area contributed by atoms with Crippen molar-refractivity contribution in [3.8, 4) is 0 Å². The number of carbonyl (C=O) groups excluding carboxylic acids is 2. The number of fused-ring (bicyclic) bond motifs is 1. The molecule has 2 saturated carbocycles. The molecule has 0 aromatic heterocycles. The van der Waals surface area contributed by atoms with Gasteiger partial charge in [-0.2, -0.15) is 0 Å². The fourth-order valence-corrected chi connectivity index (χ4v) is 3.70. The highest BCUT2D eigenvalue weighted by molar-refractivity contribution is 5.89. The molecule has 1 aromatic carbocycles. The average molecular weight is 290 g/mol. The molecule has 2 N–H and O–H groups in total. The Balaban J connectivity index is 1.77. The van der Waals surface area contributed by atoms with Crippen molar-refractivity contribution in [1.29, 1.82) is 0 Å². The van der Waals surface area contributed by atoms with Crippen LogP contribution in [0, 0.1) is 11.8 Å². The number of aldehydes is 1. The van der Waals surface area contributed by atoms with Gasteiger partial charge in [-0.15, -0.1) is 0 Å². The highest BCUT2D eigenvalue weighted by atomic mass is 16.5. The van der Waals surface area contributed by atoms with Gasteiger partial charge in [0, 0.05) is 12.3 Å². The van der Waals surface area contributed by atoms with Gasteiger partial charge in [-0.25, -0.2) is 4.79 Å². The van der Waals surface area contributed by atoms with E-state index in [9.17, 15) is 19.8 Å². The molecule has 2 aliphatic rings. The largest absolute Gasteiger partial charge is 0.458 e. The van der Waals surface area contributed by atoms with Crippen molar-refractivity contribution < 1.29 is 24.5 Å². The molecule has 0 aliphatic heterocycles. The summed E-state index contributed by atoms with van der Waals surface area (Å²) in [4.78, 5) is 23.4. The van der Waals surface area contributed by atoms with E-state index in [0.717, 1.165) is 6.29 Å². The maximum Gasteiger partial charge on any atom is 0.338 e. The molecule has 0 spiro atoms. The highest BCUT2D eigenvalue weighted by Crippen LogP contribution is 2.51. The van der Waals surface area contributed by atoms with Gasteiger partial charge in [0.1, 0.15) is 12.4 Å². The minimum atomic E-state index is -1.31. The van der Waals surface area contributed by atoms with Gasteiger partial charge in [-0.05, 0) is 25.0 Å². The molecular weight excluding hydrogens is 272 g/mol. The van der Waals surface area contributed by atoms with E-state index < -0.39 is 29.7 Å². The van der Waals surface area contributed by atoms with Crippen LogP contribution in [-0.4, -0.2) is 40.3 Å². The molecule has 21 heavy (non-hydrogen) atoms. The lowest BCUT2D eigenvalue weighted by Crippen LogP contribution is -2.40. The lowest BCUT2D eigenvalue weighted by Gasteiger charge is -2.26. The van der Waals surface area contributed by atoms with Gasteiger partial charge in [0.2, 0.25) is 0 Å². The van der Waals surface area contributed by atoms with Crippen LogP contribution in [0.3, 0.4) is 0 Å². The zero-order chi connectivity index (χ0) is 15.0. The molecular formula is C16H18O5. The van der Waals surface area contributed by atoms with Gasteiger partial charge in [0.05, 0.1) is 23.2 Å². The Bertz CT molecular complexity index is 543. The van der Waals surface area contributed by atoms with E-state index in [1.54, 1.807) is 30.3 Å². The van der Waals surface area contributed by atoms with Crippen molar-refractivity contribution in [2.24, 2.45) is 11.8 Å². The summed E-state index contributed by atoms with van der Waals surface area (Å²) in [6, 6.07) is 8.53. The molecule has 5 heteroatoms. The second-order valence-electron chi connectivity index (χ2n) is 5.92. The van der Waals surface area contributed by atoms with Crippen molar-refractivity contribution in [3.63, 3.8) is 0 Å². The van der Waals surface area contributed by atoms with Gasteiger partial charge >= 0.3 is 5.97 Å². The predicted octanol–water partition coefficient (Wildman–Crippen LogP) is 0.933. The van der Waals surface area contributed by atoms with Crippen molar-refractivity contribution in [2.75, 3.05) is 0 Å². The monoisotopic (exact) mass is 290 g/mol. The van der Waals surface area contributed by atoms with Gasteiger partial charge in [-0.3, -0.25) is 0 Å². The molecule has 5 atom stereocenters. The van der Waals surface area contributed by atoms with Crippen LogP contribution >= 0.6 is 0 Å². The lowest BCUT2D eigenvalue weighted by atomic mass is 9.89. The number of aliphatic hydroxyl groups is 2. The molecule has 0 bridgehead atoms. The van der Waals surface area contributed by atoms with Crippen molar-refractivity contribution >= 4 is 12.3 Å². The summed E-state index contributed by atoms with van der Waals surface area (Å²) in [6.45, 7) is 0. The number of carbonyl (C=O) groups is 2. The quantitative estimate of drug-likeness (QED) is 0.639. The van der Waals surface area contributed by atoms with Crippen LogP contribution in [0.4, 0.5) is 0 Å². The van der Waals surface area contributed by atoms with Crippen molar-refractivity contribution in [2.45, 2.75) is 37.1 Å². The van der Waals surface area contributed by atoms with Crippen LogP contribution in [0.5, 0.6) is 0 Å². The Labute approximate surface area is 122 Å². The first-order valence-corrected chi connectivity index (χ1v) is 7.18. The van der Waals surface area contributed by atoms with E-state index in [4.69, 9.17) is 4.74 Å². The molecule has 5 nitrogen and oxygen atoms in total. The smallest absolute Gasteiger partial charge is 0.338 e. The first-order chi connectivity index (χ1) is 10.1. The Morgan fingerprint density at radius 3 is 2.67 bits per heavy atom. The summed E-state index contributed by atoms with van der Waals surface area (Å²) in [5.74, 6) is -1.40. The van der Waals surface area contributed by atoms with E-state index in [1.807, 2.05) is 0 Å². The van der Waals surface area contributed by atoms with Gasteiger partial charge < -0.3 is 19.7 Å². The fraction of sp³-hybridized carbons (Fsp3) is 0.500. The summed E-state index contributed by atoms with van der Waals surface area (Å²) < 4.78 is 5.41. The van der Waals surface area contributed by atoms with Crippen LogP contribution in [0.15, 0.2) is 30.3 Å². The molecule has 3 rings (SSSR count). The first kappa shape index (κ1) is 14.2. The third-order valence-corrected chi connectivity index (χ3v) is 4.82. The maximum atomic E-state index is 12.1. The lowest BCUT2D eigenvalue weighted by molar-refractivity contribution is -0.116. The number of ether oxygens (including phenoxy) is 1. The topological polar surface area (TPSA) is 83.8 Å². The molecule has 2 fully saturated rings. The normalized spacial score (nSPS) is 38.0. The third kappa shape index (κ3) is 2.26. The summed E-state index contributed by atoms with van der Waals surface area (Å²) in [6.07, 6.45) is 0.362. The third-order valence-electron chi connectivity index (χ3n) is 4.82. The van der Waals surface area contributed by atoms with Crippen LogP contribution in [0.1, 0.15) is 29.6 Å². The molecule has 112 valence electrons. The Morgan fingerprint density at radius 1 is 1.29 bits per heavy atom. The fourth-order valence-electron chi connectivity index (χ4n) is 3.70. The van der Waals surface area contributed by atoms with Crippen LogP contribution in [-0.2, 0) is 9.53 Å². The van der Waals surface area contributed by atoms with E-state index in [-0.39, 0.29) is 12.3 Å². The standard InChI is InChI=1S/C16H18O5/c17-9-11-12-6-7-14(18)16(12,20)8-13(11)21-15(19)10-4-2-1-3-5-10/h1-5,9,11-14,18,20H,6-8H2. The van der Waals surface area contributed by atoms with Crippen molar-refractivity contribution in [3.05, 3.63) is 35.9 Å². The minimum absolute atomic E-state index is 0.112. The van der Waals surface area contributed by atoms with E-state index in [1.165, 1.54) is 0 Å². The molecule has 0 saturated heterocycles. The van der Waals surface area contributed by atoms with E-state index in [0.29, 0.717) is 18.4 Å². The van der Waals surface area contributed by atoms with Crippen LogP contribution < -0.4 is 0 Å². The van der Waals surface area contributed by atoms with Crippen LogP contribution in [0.2, 0.25) is 0 Å². The second-order valence-corrected chi connectivity index (χ2v) is 5.92. The summed E-state index contributed by atoms with van der Waals surface area (Å²) in [7, 11) is 0. The highest BCUT2D eigenvalue weighted by Gasteiger charge is 2.60. The van der Waals surface area contributed by atoms with Crippen molar-refractivity contribution in [1.82, 2.24) is 0 Å². The summed E-state index contributed by atoms with van der Waals surface area (Å²) in [5.41, 5.74) is -0.903. The first-order valence-electron chi connectivity index (χ1n) is 7.18. The number of rotatable bonds is 3. The van der Waals surface area contributed by atoms with Gasteiger partial charge in [0.25, 0.3) is 0 Å². The van der Waals surface area contributed by atoms with Gasteiger partial charge in [-0.1, -0.05) is 18.2 Å². The predicted molar refractivity (Wildman–Crippen MR) is 73.5 cm³/mol. The number of hydrogen-bond donors (Lipinski definition) is 2. The SMILES string of the molecule is O=CC1C(OC(=O)c2ccccc2)CC2(O)C(O)CCC12. The molecule has 0 heterocycles. The zero-order valence-corrected chi connectivity index (χ0v) is 11.5. The number of benzene rings is 1. The summed E-state index contributed by atoms with van der Waals surface area (Å²) in [5, 5.41) is 20.5. The maximum absolute atomic E-state index is 12.1.